The Morgan fingerprint density at radius 1 is 0.475 bits per heavy atom. The molecule has 59 heavy (non-hydrogen) atoms. The fraction of sp³-hybridized carbons (Fsp3) is 0.358. The third-order valence-electron chi connectivity index (χ3n) is 14.7. The van der Waals surface area contributed by atoms with Gasteiger partial charge < -0.3 is 0 Å². The molecule has 0 heterocycles. The van der Waals surface area contributed by atoms with E-state index in [0.717, 1.165) is 0 Å². The van der Waals surface area contributed by atoms with Crippen LogP contribution in [0.15, 0.2) is 115 Å². The van der Waals surface area contributed by atoms with Gasteiger partial charge in [-0.05, 0) is 0 Å². The van der Waals surface area contributed by atoms with E-state index in [0.29, 0.717) is 7.35 Å². The first-order chi connectivity index (χ1) is 27.4. The maximum atomic E-state index is 2.92. The molecule has 0 aromatic heterocycles. The van der Waals surface area contributed by atoms with Crippen LogP contribution in [-0.2, 0) is 23.5 Å². The van der Waals surface area contributed by atoms with Gasteiger partial charge in [-0.15, -0.1) is 0 Å². The molecule has 0 fully saturated rings. The van der Waals surface area contributed by atoms with Gasteiger partial charge in [0.2, 0.25) is 0 Å². The van der Waals surface area contributed by atoms with Crippen LogP contribution >= 0.6 is 0 Å². The molecule has 0 nitrogen and oxygen atoms in total. The van der Waals surface area contributed by atoms with Gasteiger partial charge >= 0.3 is 367 Å². The SMILES string of the molecule is C[Si](CCc1ccccc1)=[Hf]([CH3])([CH3])([CH]1C=Cc2c(-c3cc([Si](C)(C)C)cc([Si](C)(C)C)c3)cccc21)[CH]1C=Cc2c(-c3cc([Si](C)(C)C)cc([Si](C)(C)C)c3)cccc21. The molecule has 0 N–H and O–H groups in total. The summed E-state index contributed by atoms with van der Waals surface area (Å²) in [5.41, 5.74) is 12.7. The van der Waals surface area contributed by atoms with Gasteiger partial charge in [-0.1, -0.05) is 0 Å². The van der Waals surface area contributed by atoms with Crippen molar-refractivity contribution < 1.29 is 17.1 Å². The minimum absolute atomic E-state index is 0.506. The maximum absolute atomic E-state index is 4.09. The number of aryl methyl sites for hydroxylation is 1. The van der Waals surface area contributed by atoms with E-state index < -0.39 is 54.9 Å². The first kappa shape index (κ1) is 44.6. The van der Waals surface area contributed by atoms with Crippen molar-refractivity contribution in [3.63, 3.8) is 0 Å². The first-order valence-corrected chi connectivity index (χ1v) is 55.3. The molecule has 0 spiro atoms. The molecular formula is C53H72HfSi5. The van der Waals surface area contributed by atoms with Crippen molar-refractivity contribution in [2.24, 2.45) is 0 Å². The zero-order valence-corrected chi connectivity index (χ0v) is 47.8. The fourth-order valence-electron chi connectivity index (χ4n) is 10.1. The molecule has 2 atom stereocenters. The van der Waals surface area contributed by atoms with Crippen molar-refractivity contribution in [1.82, 2.24) is 0 Å². The number of fused-ring (bicyclic) bond motifs is 2. The number of hydrogen-bond acceptors (Lipinski definition) is 0. The number of allylic oxidation sites excluding steroid dienone is 2. The van der Waals surface area contributed by atoms with Crippen LogP contribution in [0, 0.1) is 0 Å². The molecule has 5 aromatic rings. The summed E-state index contributed by atoms with van der Waals surface area (Å²) in [4.78, 5) is 0. The zero-order chi connectivity index (χ0) is 42.9. The van der Waals surface area contributed by atoms with Gasteiger partial charge in [0.05, 0.1) is 0 Å². The topological polar surface area (TPSA) is 0 Å². The van der Waals surface area contributed by atoms with E-state index in [2.05, 4.69) is 222 Å². The standard InChI is InChI=1S/2C21H27Si2.C9H12Si.2CH3.Hf/c2*1-22(2,3)18-13-17(14-19(15-18)23(4,5)6)21-12-8-10-16-9-7-11-20(16)21;1-10-8-7-9-5-3-2-4-6-9;;;/h2*7-15H,1-6H3;2-6H,7-8H2,1H3;2*1H3;. The van der Waals surface area contributed by atoms with E-state index in [-0.39, 0.29) is 0 Å². The first-order valence-electron chi connectivity index (χ1n) is 22.4. The van der Waals surface area contributed by atoms with Crippen molar-refractivity contribution in [1.29, 1.82) is 0 Å². The predicted molar refractivity (Wildman–Crippen MR) is 278 cm³/mol. The summed E-state index contributed by atoms with van der Waals surface area (Å²) < 4.78 is 6.86. The molecule has 0 radical (unpaired) electrons. The molecular weight excluding hydrogens is 956 g/mol. The summed E-state index contributed by atoms with van der Waals surface area (Å²) in [7, 11) is -6.13. The Labute approximate surface area is 364 Å². The molecule has 2 aliphatic carbocycles. The Morgan fingerprint density at radius 3 is 1.20 bits per heavy atom. The van der Waals surface area contributed by atoms with E-state index >= 15 is 0 Å². The molecule has 2 unspecified atom stereocenters. The molecule has 5 aromatic carbocycles. The van der Waals surface area contributed by atoms with Crippen LogP contribution in [0.1, 0.15) is 35.2 Å². The second-order valence-electron chi connectivity index (χ2n) is 23.3. The summed E-state index contributed by atoms with van der Waals surface area (Å²) in [6.07, 6.45) is 11.8. The molecule has 6 heteroatoms. The minimum atomic E-state index is -4.09. The van der Waals surface area contributed by atoms with Gasteiger partial charge in [-0.3, -0.25) is 0 Å². The quantitative estimate of drug-likeness (QED) is 0.116. The normalized spacial score (nSPS) is 17.0. The molecule has 0 bridgehead atoms. The monoisotopic (exact) mass is 1030 g/mol. The average Bonchev–Trinajstić information content (AvgIpc) is 3.82. The van der Waals surface area contributed by atoms with Gasteiger partial charge in [0.25, 0.3) is 0 Å². The molecule has 0 aliphatic heterocycles. The van der Waals surface area contributed by atoms with Crippen LogP contribution in [0.25, 0.3) is 34.4 Å². The second-order valence-corrected chi connectivity index (χ2v) is 91.0. The van der Waals surface area contributed by atoms with Gasteiger partial charge in [0.1, 0.15) is 0 Å². The van der Waals surface area contributed by atoms with Gasteiger partial charge in [0.15, 0.2) is 0 Å². The van der Waals surface area contributed by atoms with Gasteiger partial charge in [-0.2, -0.15) is 0 Å². The fourth-order valence-corrected chi connectivity index (χ4v) is 58.1. The van der Waals surface area contributed by atoms with Crippen molar-refractivity contribution in [3.05, 3.63) is 143 Å². The number of benzene rings is 5. The van der Waals surface area contributed by atoms with E-state index in [4.69, 9.17) is 0 Å². The molecule has 0 saturated carbocycles. The Bertz CT molecular complexity index is 2350. The van der Waals surface area contributed by atoms with Crippen LogP contribution in [-0.4, -0.2) is 37.8 Å². The Morgan fingerprint density at radius 2 is 0.847 bits per heavy atom. The van der Waals surface area contributed by atoms with Crippen LogP contribution in [0.4, 0.5) is 0 Å². The Hall–Kier alpha value is -2.47. The van der Waals surface area contributed by atoms with E-state index in [1.807, 2.05) is 0 Å². The molecule has 2 aliphatic rings. The number of hydrogen-bond donors (Lipinski definition) is 0. The van der Waals surface area contributed by atoms with Crippen molar-refractivity contribution in [2.45, 2.75) is 114 Å². The zero-order valence-electron chi connectivity index (χ0n) is 39.2. The van der Waals surface area contributed by atoms with Crippen molar-refractivity contribution in [3.8, 4) is 22.3 Å². The molecule has 7 rings (SSSR count). The Balaban J connectivity index is 1.42. The predicted octanol–water partition coefficient (Wildman–Crippen LogP) is 13.7. The average molecular weight is 1030 g/mol. The third-order valence-corrected chi connectivity index (χ3v) is 80.7. The van der Waals surface area contributed by atoms with Crippen LogP contribution < -0.4 is 20.7 Å². The van der Waals surface area contributed by atoms with E-state index in [9.17, 15) is 0 Å². The van der Waals surface area contributed by atoms with Gasteiger partial charge in [-0.25, -0.2) is 0 Å². The summed E-state index contributed by atoms with van der Waals surface area (Å²) >= 11 is -4.09. The molecule has 308 valence electrons. The summed E-state index contributed by atoms with van der Waals surface area (Å²) in [6, 6.07) is 42.9. The second kappa shape index (κ2) is 15.7. The van der Waals surface area contributed by atoms with Crippen LogP contribution in [0.5, 0.6) is 0 Å². The van der Waals surface area contributed by atoms with Crippen molar-refractivity contribution >= 4 is 70.7 Å². The van der Waals surface area contributed by atoms with Crippen molar-refractivity contribution in [2.75, 3.05) is 0 Å². The van der Waals surface area contributed by atoms with Crippen LogP contribution in [0.2, 0.25) is 101 Å². The Kier molecular flexibility index (Phi) is 11.9. The third kappa shape index (κ3) is 8.54. The van der Waals surface area contributed by atoms with E-state index in [1.165, 1.54) is 51.4 Å². The molecule has 0 amide bonds. The number of rotatable bonds is 11. The van der Waals surface area contributed by atoms with Gasteiger partial charge in [0, 0.05) is 0 Å². The summed E-state index contributed by atoms with van der Waals surface area (Å²) in [6.45, 7) is 32.9. The van der Waals surface area contributed by atoms with Crippen LogP contribution in [0.3, 0.4) is 0 Å². The molecule has 0 saturated heterocycles. The summed E-state index contributed by atoms with van der Waals surface area (Å²) in [5, 5.41) is 6.37. The van der Waals surface area contributed by atoms with E-state index in [1.54, 1.807) is 31.9 Å². The summed E-state index contributed by atoms with van der Waals surface area (Å²) in [5.74, 6) is 0.